The van der Waals surface area contributed by atoms with E-state index in [9.17, 15) is 23.5 Å². The maximum atomic E-state index is 14.0. The van der Waals surface area contributed by atoms with Crippen LogP contribution < -0.4 is 10.6 Å². The first-order chi connectivity index (χ1) is 14.3. The number of hydrogen-bond donors (Lipinski definition) is 4. The second-order valence-electron chi connectivity index (χ2n) is 7.15. The number of carbonyl (C=O) groups is 2. The Hall–Kier alpha value is -2.97. The number of carbonyl (C=O) groups excluding carboxylic acids is 2. The van der Waals surface area contributed by atoms with Gasteiger partial charge in [-0.3, -0.25) is 9.59 Å². The van der Waals surface area contributed by atoms with Crippen LogP contribution in [0.5, 0.6) is 0 Å². The number of aliphatic hydroxyl groups is 1. The molecule has 2 amide bonds. The first-order valence-corrected chi connectivity index (χ1v) is 9.72. The molecule has 1 aliphatic rings. The van der Waals surface area contributed by atoms with Crippen LogP contribution in [0.3, 0.4) is 0 Å². The molecule has 0 unspecified atom stereocenters. The van der Waals surface area contributed by atoms with Crippen LogP contribution in [0.4, 0.5) is 8.78 Å². The van der Waals surface area contributed by atoms with Gasteiger partial charge in [0.05, 0.1) is 10.5 Å². The zero-order valence-electron chi connectivity index (χ0n) is 15.6. The van der Waals surface area contributed by atoms with E-state index in [0.29, 0.717) is 27.7 Å². The molecular weight excluding hydrogens is 416 g/mol. The van der Waals surface area contributed by atoms with Gasteiger partial charge in [0, 0.05) is 24.0 Å². The summed E-state index contributed by atoms with van der Waals surface area (Å²) in [5, 5.41) is 15.5. The molecule has 0 bridgehead atoms. The standard InChI is InChI=1S/C21H18ClF2N3O3/c22-15-8-12(24)7-14-13(5-6-17(29)26-20-16(28)9-25-21(20)30)18(27-19(14)15)10-1-3-11(23)4-2-10/h1-4,7-8,16,20,27-28H,5-6,9H2,(H,25,30)(H,26,29)/t16-,20+/m1/s1. The molecule has 1 fully saturated rings. The van der Waals surface area contributed by atoms with Crippen molar-refractivity contribution in [3.63, 3.8) is 0 Å². The van der Waals surface area contributed by atoms with Crippen LogP contribution in [0, 0.1) is 11.6 Å². The average molecular weight is 434 g/mol. The van der Waals surface area contributed by atoms with Gasteiger partial charge in [0.1, 0.15) is 23.8 Å². The normalized spacial score (nSPS) is 18.6. The van der Waals surface area contributed by atoms with Gasteiger partial charge in [-0.1, -0.05) is 11.6 Å². The van der Waals surface area contributed by atoms with Gasteiger partial charge < -0.3 is 20.7 Å². The van der Waals surface area contributed by atoms with E-state index in [-0.39, 0.29) is 24.4 Å². The van der Waals surface area contributed by atoms with Gasteiger partial charge in [0.25, 0.3) is 0 Å². The molecule has 0 aliphatic carbocycles. The predicted octanol–water partition coefficient (Wildman–Crippen LogP) is 2.67. The smallest absolute Gasteiger partial charge is 0.245 e. The van der Waals surface area contributed by atoms with E-state index in [1.54, 1.807) is 12.1 Å². The summed E-state index contributed by atoms with van der Waals surface area (Å²) in [5.41, 5.74) is 2.41. The third-order valence-corrected chi connectivity index (χ3v) is 5.43. The number of fused-ring (bicyclic) bond motifs is 1. The molecule has 4 rings (SSSR count). The van der Waals surface area contributed by atoms with Crippen molar-refractivity contribution in [1.82, 2.24) is 15.6 Å². The summed E-state index contributed by atoms with van der Waals surface area (Å²) in [5.74, 6) is -1.79. The molecule has 0 radical (unpaired) electrons. The van der Waals surface area contributed by atoms with Gasteiger partial charge >= 0.3 is 0 Å². The molecule has 3 aromatic rings. The summed E-state index contributed by atoms with van der Waals surface area (Å²) >= 11 is 6.19. The third-order valence-electron chi connectivity index (χ3n) is 5.14. The molecule has 0 spiro atoms. The number of H-pyrrole nitrogens is 1. The van der Waals surface area contributed by atoms with Gasteiger partial charge in [-0.25, -0.2) is 8.78 Å². The fourth-order valence-corrected chi connectivity index (χ4v) is 3.90. The number of rotatable bonds is 5. The number of hydrogen-bond acceptors (Lipinski definition) is 3. The predicted molar refractivity (Wildman–Crippen MR) is 108 cm³/mol. The fraction of sp³-hybridized carbons (Fsp3) is 0.238. The zero-order valence-corrected chi connectivity index (χ0v) is 16.4. The molecule has 1 saturated heterocycles. The van der Waals surface area contributed by atoms with Crippen LogP contribution in [0.2, 0.25) is 5.02 Å². The molecule has 30 heavy (non-hydrogen) atoms. The number of nitrogens with one attached hydrogen (secondary N) is 3. The molecule has 1 aromatic heterocycles. The number of amides is 2. The number of aliphatic hydroxyl groups excluding tert-OH is 1. The molecule has 2 atom stereocenters. The van der Waals surface area contributed by atoms with Crippen molar-refractivity contribution >= 4 is 34.3 Å². The third kappa shape index (κ3) is 3.88. The molecular formula is C21H18ClF2N3O3. The Balaban J connectivity index is 1.64. The van der Waals surface area contributed by atoms with Crippen LogP contribution in [0.15, 0.2) is 36.4 Å². The van der Waals surface area contributed by atoms with E-state index in [1.165, 1.54) is 24.3 Å². The Labute approximate surface area is 175 Å². The monoisotopic (exact) mass is 433 g/mol. The molecule has 9 heteroatoms. The first-order valence-electron chi connectivity index (χ1n) is 9.34. The lowest BCUT2D eigenvalue weighted by Gasteiger charge is -2.13. The maximum Gasteiger partial charge on any atom is 0.245 e. The first kappa shape index (κ1) is 20.3. The van der Waals surface area contributed by atoms with E-state index in [4.69, 9.17) is 11.6 Å². The van der Waals surface area contributed by atoms with E-state index in [1.807, 2.05) is 0 Å². The van der Waals surface area contributed by atoms with Crippen LogP contribution in [-0.4, -0.2) is 40.6 Å². The lowest BCUT2D eigenvalue weighted by molar-refractivity contribution is -0.128. The summed E-state index contributed by atoms with van der Waals surface area (Å²) in [7, 11) is 0. The summed E-state index contributed by atoms with van der Waals surface area (Å²) in [6.07, 6.45) is -0.786. The highest BCUT2D eigenvalue weighted by Gasteiger charge is 2.34. The Morgan fingerprint density at radius 3 is 2.60 bits per heavy atom. The molecule has 2 aromatic carbocycles. The SMILES string of the molecule is O=C(CCc1c(-c2ccc(F)cc2)[nH]c2c(Cl)cc(F)cc12)N[C@@H]1C(=O)NC[C@H]1O. The van der Waals surface area contributed by atoms with E-state index in [0.717, 1.165) is 0 Å². The highest BCUT2D eigenvalue weighted by atomic mass is 35.5. The Morgan fingerprint density at radius 1 is 1.20 bits per heavy atom. The number of aromatic nitrogens is 1. The minimum Gasteiger partial charge on any atom is -0.389 e. The molecule has 4 N–H and O–H groups in total. The lowest BCUT2D eigenvalue weighted by atomic mass is 10.0. The summed E-state index contributed by atoms with van der Waals surface area (Å²) in [6.45, 7) is 0.0821. The number of benzene rings is 2. The van der Waals surface area contributed by atoms with E-state index in [2.05, 4.69) is 15.6 Å². The van der Waals surface area contributed by atoms with E-state index < -0.39 is 35.6 Å². The van der Waals surface area contributed by atoms with Crippen molar-refractivity contribution in [1.29, 1.82) is 0 Å². The largest absolute Gasteiger partial charge is 0.389 e. The van der Waals surface area contributed by atoms with Crippen LogP contribution in [0.1, 0.15) is 12.0 Å². The van der Waals surface area contributed by atoms with Gasteiger partial charge in [0.2, 0.25) is 11.8 Å². The molecule has 2 heterocycles. The van der Waals surface area contributed by atoms with Crippen molar-refractivity contribution in [2.24, 2.45) is 0 Å². The van der Waals surface area contributed by atoms with Crippen molar-refractivity contribution in [3.8, 4) is 11.3 Å². The quantitative estimate of drug-likeness (QED) is 0.498. The van der Waals surface area contributed by atoms with Gasteiger partial charge in [-0.15, -0.1) is 0 Å². The second kappa shape index (κ2) is 8.04. The maximum absolute atomic E-state index is 14.0. The molecule has 0 saturated carbocycles. The minimum atomic E-state index is -0.996. The number of aromatic amines is 1. The summed E-state index contributed by atoms with van der Waals surface area (Å²) in [6, 6.07) is 7.28. The van der Waals surface area contributed by atoms with Crippen LogP contribution in [0.25, 0.3) is 22.2 Å². The molecule has 1 aliphatic heterocycles. The van der Waals surface area contributed by atoms with Crippen molar-refractivity contribution in [2.75, 3.05) is 6.54 Å². The zero-order chi connectivity index (χ0) is 21.4. The topological polar surface area (TPSA) is 94.2 Å². The average Bonchev–Trinajstić information content (AvgIpc) is 3.22. The van der Waals surface area contributed by atoms with Crippen molar-refractivity contribution in [3.05, 3.63) is 58.6 Å². The Morgan fingerprint density at radius 2 is 1.93 bits per heavy atom. The van der Waals surface area contributed by atoms with Gasteiger partial charge in [-0.05, 0) is 53.9 Å². The second-order valence-corrected chi connectivity index (χ2v) is 7.56. The number of aryl methyl sites for hydroxylation is 1. The van der Waals surface area contributed by atoms with E-state index >= 15 is 0 Å². The van der Waals surface area contributed by atoms with Gasteiger partial charge in [-0.2, -0.15) is 0 Å². The molecule has 156 valence electrons. The lowest BCUT2D eigenvalue weighted by Crippen LogP contribution is -2.45. The minimum absolute atomic E-state index is 0.00815. The molecule has 6 nitrogen and oxygen atoms in total. The van der Waals surface area contributed by atoms with Crippen molar-refractivity contribution in [2.45, 2.75) is 25.0 Å². The Kier molecular flexibility index (Phi) is 5.44. The number of halogens is 3. The highest BCUT2D eigenvalue weighted by Crippen LogP contribution is 2.35. The summed E-state index contributed by atoms with van der Waals surface area (Å²) < 4.78 is 27.3. The number of β-amino-alcohol motifs (C(OH)–C–C–N with tert-alkyl or cyclic N) is 1. The van der Waals surface area contributed by atoms with Crippen LogP contribution in [-0.2, 0) is 16.0 Å². The van der Waals surface area contributed by atoms with Crippen LogP contribution >= 0.6 is 11.6 Å². The highest BCUT2D eigenvalue weighted by molar-refractivity contribution is 6.35. The Bertz CT molecular complexity index is 1130. The fourth-order valence-electron chi connectivity index (χ4n) is 3.65. The summed E-state index contributed by atoms with van der Waals surface area (Å²) in [4.78, 5) is 27.2. The van der Waals surface area contributed by atoms with Gasteiger partial charge in [0.15, 0.2) is 0 Å². The van der Waals surface area contributed by atoms with Crippen molar-refractivity contribution < 1.29 is 23.5 Å².